The minimum absolute atomic E-state index is 0.361. The number of nitrogens with zero attached hydrogens (tertiary/aromatic N) is 2. The van der Waals surface area contributed by atoms with Crippen LogP contribution >= 0.6 is 0 Å². The molecular weight excluding hydrogens is 170 g/mol. The second-order valence-electron chi connectivity index (χ2n) is 2.71. The Hall–Kier alpha value is -1.62. The van der Waals surface area contributed by atoms with E-state index < -0.39 is 0 Å². The Morgan fingerprint density at radius 2 is 2.15 bits per heavy atom. The van der Waals surface area contributed by atoms with Gasteiger partial charge in [-0.2, -0.15) is 0 Å². The first-order chi connectivity index (χ1) is 6.29. The number of nitrogens with two attached hydrogens (primary N) is 1. The average molecular weight is 179 g/mol. The Morgan fingerprint density at radius 1 is 1.31 bits per heavy atom. The lowest BCUT2D eigenvalue weighted by atomic mass is 10.3. The van der Waals surface area contributed by atoms with E-state index in [1.54, 1.807) is 12.1 Å². The van der Waals surface area contributed by atoms with Crippen molar-refractivity contribution in [2.45, 2.75) is 13.5 Å². The lowest BCUT2D eigenvalue weighted by Gasteiger charge is -1.80. The maximum atomic E-state index is 5.38. The number of aryl methyl sites for hydroxylation is 1. The third kappa shape index (κ3) is 1.46. The zero-order valence-corrected chi connectivity index (χ0v) is 7.15. The molecule has 0 atom stereocenters. The first-order valence-electron chi connectivity index (χ1n) is 3.89. The van der Waals surface area contributed by atoms with Crippen molar-refractivity contribution in [1.29, 1.82) is 0 Å². The summed E-state index contributed by atoms with van der Waals surface area (Å²) < 4.78 is 9.90. The van der Waals surface area contributed by atoms with Crippen LogP contribution < -0.4 is 5.73 Å². The molecule has 0 saturated carbocycles. The summed E-state index contributed by atoms with van der Waals surface area (Å²) in [6.07, 6.45) is 0. The zero-order chi connectivity index (χ0) is 9.26. The molecule has 2 heterocycles. The summed E-state index contributed by atoms with van der Waals surface area (Å²) in [5.74, 6) is 1.32. The van der Waals surface area contributed by atoms with Crippen molar-refractivity contribution in [3.63, 3.8) is 0 Å². The SMILES string of the molecule is Cc1cc(-c2cc(CN)no2)no1. The van der Waals surface area contributed by atoms with Crippen molar-refractivity contribution in [2.75, 3.05) is 0 Å². The third-order valence-corrected chi connectivity index (χ3v) is 1.65. The number of hydrogen-bond acceptors (Lipinski definition) is 5. The van der Waals surface area contributed by atoms with Crippen molar-refractivity contribution < 1.29 is 9.05 Å². The summed E-state index contributed by atoms with van der Waals surface area (Å²) in [4.78, 5) is 0. The second kappa shape index (κ2) is 3.02. The fraction of sp³-hybridized carbons (Fsp3) is 0.250. The first kappa shape index (κ1) is 8.00. The molecule has 68 valence electrons. The highest BCUT2D eigenvalue weighted by atomic mass is 16.5. The molecule has 0 aromatic carbocycles. The number of rotatable bonds is 2. The van der Waals surface area contributed by atoms with Gasteiger partial charge < -0.3 is 14.8 Å². The highest BCUT2D eigenvalue weighted by Crippen LogP contribution is 2.19. The van der Waals surface area contributed by atoms with E-state index in [0.717, 1.165) is 5.76 Å². The quantitative estimate of drug-likeness (QED) is 0.746. The van der Waals surface area contributed by atoms with Gasteiger partial charge in [-0.05, 0) is 6.92 Å². The largest absolute Gasteiger partial charge is 0.361 e. The maximum Gasteiger partial charge on any atom is 0.189 e. The van der Waals surface area contributed by atoms with Crippen LogP contribution in [0, 0.1) is 6.92 Å². The van der Waals surface area contributed by atoms with Crippen LogP contribution in [0.25, 0.3) is 11.5 Å². The van der Waals surface area contributed by atoms with Gasteiger partial charge in [0.1, 0.15) is 5.76 Å². The van der Waals surface area contributed by atoms with Gasteiger partial charge in [-0.15, -0.1) is 0 Å². The first-order valence-corrected chi connectivity index (χ1v) is 3.89. The normalized spacial score (nSPS) is 10.6. The van der Waals surface area contributed by atoms with E-state index in [1.807, 2.05) is 6.92 Å². The van der Waals surface area contributed by atoms with Gasteiger partial charge in [0.2, 0.25) is 0 Å². The van der Waals surface area contributed by atoms with Crippen molar-refractivity contribution in [1.82, 2.24) is 10.3 Å². The van der Waals surface area contributed by atoms with E-state index in [0.29, 0.717) is 23.7 Å². The summed E-state index contributed by atoms with van der Waals surface area (Å²) in [6.45, 7) is 2.18. The summed E-state index contributed by atoms with van der Waals surface area (Å²) in [5, 5.41) is 7.52. The van der Waals surface area contributed by atoms with Gasteiger partial charge in [0, 0.05) is 18.7 Å². The van der Waals surface area contributed by atoms with Gasteiger partial charge in [-0.1, -0.05) is 10.3 Å². The fourth-order valence-electron chi connectivity index (χ4n) is 1.01. The molecule has 0 aliphatic rings. The monoisotopic (exact) mass is 179 g/mol. The molecule has 0 saturated heterocycles. The molecular formula is C8H9N3O2. The standard InChI is InChI=1S/C8H9N3O2/c1-5-2-7(11-12-5)8-3-6(4-9)10-13-8/h2-3H,4,9H2,1H3. The van der Waals surface area contributed by atoms with Crippen LogP contribution in [0.2, 0.25) is 0 Å². The van der Waals surface area contributed by atoms with Gasteiger partial charge in [0.15, 0.2) is 11.5 Å². The van der Waals surface area contributed by atoms with Crippen LogP contribution in [0.1, 0.15) is 11.5 Å². The molecule has 0 bridgehead atoms. The predicted molar refractivity (Wildman–Crippen MR) is 44.6 cm³/mol. The van der Waals surface area contributed by atoms with Crippen LogP contribution in [0.3, 0.4) is 0 Å². The number of aromatic nitrogens is 2. The topological polar surface area (TPSA) is 78.1 Å². The Kier molecular flexibility index (Phi) is 1.86. The lowest BCUT2D eigenvalue weighted by Crippen LogP contribution is -1.94. The van der Waals surface area contributed by atoms with Gasteiger partial charge >= 0.3 is 0 Å². The molecule has 2 rings (SSSR count). The fourth-order valence-corrected chi connectivity index (χ4v) is 1.01. The summed E-state index contributed by atoms with van der Waals surface area (Å²) in [6, 6.07) is 3.53. The molecule has 0 aliphatic heterocycles. The minimum atomic E-state index is 0.361. The van der Waals surface area contributed by atoms with Crippen molar-refractivity contribution in [2.24, 2.45) is 5.73 Å². The maximum absolute atomic E-state index is 5.38. The Morgan fingerprint density at radius 3 is 2.69 bits per heavy atom. The Balaban J connectivity index is 2.35. The Labute approximate surface area is 74.5 Å². The average Bonchev–Trinajstić information content (AvgIpc) is 2.71. The van der Waals surface area contributed by atoms with E-state index in [2.05, 4.69) is 10.3 Å². The molecule has 5 nitrogen and oxygen atoms in total. The molecule has 0 unspecified atom stereocenters. The lowest BCUT2D eigenvalue weighted by molar-refractivity contribution is 0.389. The van der Waals surface area contributed by atoms with Crippen LogP contribution in [-0.2, 0) is 6.54 Å². The van der Waals surface area contributed by atoms with Crippen LogP contribution in [-0.4, -0.2) is 10.3 Å². The van der Waals surface area contributed by atoms with E-state index in [4.69, 9.17) is 14.8 Å². The van der Waals surface area contributed by atoms with E-state index in [1.165, 1.54) is 0 Å². The predicted octanol–water partition coefficient (Wildman–Crippen LogP) is 1.10. The molecule has 2 aromatic rings. The van der Waals surface area contributed by atoms with Gasteiger partial charge in [0.05, 0.1) is 5.69 Å². The molecule has 0 amide bonds. The van der Waals surface area contributed by atoms with Gasteiger partial charge in [-0.3, -0.25) is 0 Å². The van der Waals surface area contributed by atoms with Gasteiger partial charge in [-0.25, -0.2) is 0 Å². The second-order valence-corrected chi connectivity index (χ2v) is 2.71. The zero-order valence-electron chi connectivity index (χ0n) is 7.15. The highest BCUT2D eigenvalue weighted by molar-refractivity contribution is 5.51. The van der Waals surface area contributed by atoms with E-state index >= 15 is 0 Å². The van der Waals surface area contributed by atoms with Crippen LogP contribution in [0.4, 0.5) is 0 Å². The van der Waals surface area contributed by atoms with Crippen molar-refractivity contribution in [3.8, 4) is 11.5 Å². The van der Waals surface area contributed by atoms with Crippen molar-refractivity contribution in [3.05, 3.63) is 23.6 Å². The van der Waals surface area contributed by atoms with E-state index in [9.17, 15) is 0 Å². The summed E-state index contributed by atoms with van der Waals surface area (Å²) >= 11 is 0. The molecule has 5 heteroatoms. The third-order valence-electron chi connectivity index (χ3n) is 1.65. The molecule has 0 spiro atoms. The van der Waals surface area contributed by atoms with Crippen LogP contribution in [0.15, 0.2) is 21.2 Å². The molecule has 13 heavy (non-hydrogen) atoms. The molecule has 0 radical (unpaired) electrons. The highest BCUT2D eigenvalue weighted by Gasteiger charge is 2.09. The minimum Gasteiger partial charge on any atom is -0.361 e. The smallest absolute Gasteiger partial charge is 0.189 e. The Bertz CT molecular complexity index is 405. The molecule has 2 N–H and O–H groups in total. The van der Waals surface area contributed by atoms with Crippen LogP contribution in [0.5, 0.6) is 0 Å². The molecule has 0 aliphatic carbocycles. The molecule has 0 fully saturated rings. The molecule has 2 aromatic heterocycles. The van der Waals surface area contributed by atoms with E-state index in [-0.39, 0.29) is 0 Å². The summed E-state index contributed by atoms with van der Waals surface area (Å²) in [7, 11) is 0. The summed E-state index contributed by atoms with van der Waals surface area (Å²) in [5.41, 5.74) is 6.73. The number of hydrogen-bond donors (Lipinski definition) is 1. The van der Waals surface area contributed by atoms with Crippen molar-refractivity contribution >= 4 is 0 Å². The van der Waals surface area contributed by atoms with Gasteiger partial charge in [0.25, 0.3) is 0 Å².